The Balaban J connectivity index is 1.64. The van der Waals surface area contributed by atoms with Crippen molar-refractivity contribution in [3.8, 4) is 0 Å². The van der Waals surface area contributed by atoms with Gasteiger partial charge in [0.25, 0.3) is 0 Å². The number of fused-ring (bicyclic) bond motifs is 1. The predicted molar refractivity (Wildman–Crippen MR) is 103 cm³/mol. The van der Waals surface area contributed by atoms with Gasteiger partial charge in [-0.3, -0.25) is 0 Å². The fourth-order valence-corrected chi connectivity index (χ4v) is 5.02. The summed E-state index contributed by atoms with van der Waals surface area (Å²) in [4.78, 5) is 12.5. The standard InChI is InChI=1S/C19H29N3O3S/c1-19(2)11-10-17(15-8-4-5-9-16(15)19)21-18(23)20-14-7-6-12-22(13-14)26(3,24)25/h4-5,8-9,14,17H,6-7,10-13H2,1-3H3,(H2,20,21,23). The molecule has 1 heterocycles. The molecule has 1 saturated heterocycles. The van der Waals surface area contributed by atoms with Crippen LogP contribution >= 0.6 is 0 Å². The van der Waals surface area contributed by atoms with Gasteiger partial charge in [0.05, 0.1) is 12.3 Å². The highest BCUT2D eigenvalue weighted by molar-refractivity contribution is 7.88. The molecule has 6 nitrogen and oxygen atoms in total. The van der Waals surface area contributed by atoms with Crippen LogP contribution in [0.5, 0.6) is 0 Å². The molecule has 0 radical (unpaired) electrons. The molecule has 7 heteroatoms. The van der Waals surface area contributed by atoms with Crippen molar-refractivity contribution in [3.63, 3.8) is 0 Å². The first-order valence-corrected chi connectivity index (χ1v) is 11.1. The van der Waals surface area contributed by atoms with Crippen LogP contribution in [0.4, 0.5) is 4.79 Å². The van der Waals surface area contributed by atoms with Gasteiger partial charge in [-0.05, 0) is 42.2 Å². The van der Waals surface area contributed by atoms with Crippen LogP contribution in [0.1, 0.15) is 56.7 Å². The lowest BCUT2D eigenvalue weighted by Gasteiger charge is -2.38. The summed E-state index contributed by atoms with van der Waals surface area (Å²) < 4.78 is 24.9. The summed E-state index contributed by atoms with van der Waals surface area (Å²) in [6.07, 6.45) is 4.69. The fourth-order valence-electron chi connectivity index (χ4n) is 4.11. The monoisotopic (exact) mass is 379 g/mol. The average Bonchev–Trinajstić information content (AvgIpc) is 2.57. The number of nitrogens with zero attached hydrogens (tertiary/aromatic N) is 1. The van der Waals surface area contributed by atoms with E-state index >= 15 is 0 Å². The van der Waals surface area contributed by atoms with Gasteiger partial charge < -0.3 is 10.6 Å². The van der Waals surface area contributed by atoms with Gasteiger partial charge in [-0.25, -0.2) is 17.5 Å². The lowest BCUT2D eigenvalue weighted by Crippen LogP contribution is -2.52. The number of urea groups is 1. The SMILES string of the molecule is CC1(C)CCC(NC(=O)NC2CCCN(S(C)(=O)=O)C2)c2ccccc21. The number of carbonyl (C=O) groups excluding carboxylic acids is 1. The number of amides is 2. The van der Waals surface area contributed by atoms with Crippen LogP contribution in [-0.2, 0) is 15.4 Å². The summed E-state index contributed by atoms with van der Waals surface area (Å²) in [5.74, 6) is 0. The molecular formula is C19H29N3O3S. The van der Waals surface area contributed by atoms with Crippen LogP contribution in [-0.4, -0.2) is 44.1 Å². The Morgan fingerprint density at radius 2 is 1.92 bits per heavy atom. The minimum absolute atomic E-state index is 0.00572. The summed E-state index contributed by atoms with van der Waals surface area (Å²) in [6, 6.07) is 7.93. The first kappa shape index (κ1) is 19.2. The van der Waals surface area contributed by atoms with Gasteiger partial charge in [0.1, 0.15) is 0 Å². The van der Waals surface area contributed by atoms with Crippen LogP contribution in [0, 0.1) is 0 Å². The van der Waals surface area contributed by atoms with Gasteiger partial charge in [0.15, 0.2) is 0 Å². The third-order valence-corrected chi connectivity index (χ3v) is 6.89. The Hall–Kier alpha value is -1.60. The molecule has 1 aromatic carbocycles. The van der Waals surface area contributed by atoms with Gasteiger partial charge in [-0.15, -0.1) is 0 Å². The minimum Gasteiger partial charge on any atom is -0.334 e. The third kappa shape index (κ3) is 4.20. The molecule has 1 aliphatic heterocycles. The maximum absolute atomic E-state index is 12.5. The average molecular weight is 380 g/mol. The molecule has 144 valence electrons. The van der Waals surface area contributed by atoms with Crippen molar-refractivity contribution < 1.29 is 13.2 Å². The summed E-state index contributed by atoms with van der Waals surface area (Å²) in [5.41, 5.74) is 2.59. The topological polar surface area (TPSA) is 78.5 Å². The number of piperidine rings is 1. The smallest absolute Gasteiger partial charge is 0.315 e. The molecule has 0 bridgehead atoms. The van der Waals surface area contributed by atoms with Crippen LogP contribution in [0.15, 0.2) is 24.3 Å². The van der Waals surface area contributed by atoms with Gasteiger partial charge in [0.2, 0.25) is 10.0 Å². The number of nitrogens with one attached hydrogen (secondary N) is 2. The second-order valence-electron chi connectivity index (χ2n) is 8.14. The van der Waals surface area contributed by atoms with E-state index in [9.17, 15) is 13.2 Å². The molecule has 3 rings (SSSR count). The molecule has 2 amide bonds. The molecule has 2 atom stereocenters. The van der Waals surface area contributed by atoms with E-state index in [-0.39, 0.29) is 23.5 Å². The highest BCUT2D eigenvalue weighted by Crippen LogP contribution is 2.41. The Labute approximate surface area is 156 Å². The molecule has 0 saturated carbocycles. The van der Waals surface area contributed by atoms with Crippen molar-refractivity contribution >= 4 is 16.1 Å². The normalized spacial score (nSPS) is 26.0. The molecule has 2 N–H and O–H groups in total. The van der Waals surface area contributed by atoms with Gasteiger partial charge in [-0.2, -0.15) is 0 Å². The van der Waals surface area contributed by atoms with Crippen LogP contribution in [0.2, 0.25) is 0 Å². The second kappa shape index (κ2) is 7.19. The van der Waals surface area contributed by atoms with Crippen LogP contribution in [0.25, 0.3) is 0 Å². The Morgan fingerprint density at radius 1 is 1.19 bits per heavy atom. The lowest BCUT2D eigenvalue weighted by molar-refractivity contribution is 0.219. The number of rotatable bonds is 3. The zero-order valence-corrected chi connectivity index (χ0v) is 16.6. The maximum Gasteiger partial charge on any atom is 0.315 e. The fraction of sp³-hybridized carbons (Fsp3) is 0.632. The Morgan fingerprint density at radius 3 is 2.65 bits per heavy atom. The predicted octanol–water partition coefficient (Wildman–Crippen LogP) is 2.52. The number of carbonyl (C=O) groups is 1. The highest BCUT2D eigenvalue weighted by Gasteiger charge is 2.33. The summed E-state index contributed by atoms with van der Waals surface area (Å²) in [5, 5.41) is 6.06. The molecule has 26 heavy (non-hydrogen) atoms. The zero-order valence-electron chi connectivity index (χ0n) is 15.8. The van der Waals surface area contributed by atoms with E-state index in [2.05, 4.69) is 36.6 Å². The van der Waals surface area contributed by atoms with Crippen molar-refractivity contribution in [2.24, 2.45) is 0 Å². The van der Waals surface area contributed by atoms with Gasteiger partial charge in [0, 0.05) is 19.1 Å². The number of sulfonamides is 1. The molecule has 0 spiro atoms. The van der Waals surface area contributed by atoms with Crippen molar-refractivity contribution in [3.05, 3.63) is 35.4 Å². The summed E-state index contributed by atoms with van der Waals surface area (Å²) >= 11 is 0. The Kier molecular flexibility index (Phi) is 5.30. The van der Waals surface area contributed by atoms with Crippen molar-refractivity contribution in [1.82, 2.24) is 14.9 Å². The van der Waals surface area contributed by atoms with E-state index in [0.29, 0.717) is 13.1 Å². The van der Waals surface area contributed by atoms with E-state index in [1.165, 1.54) is 21.7 Å². The first-order valence-electron chi connectivity index (χ1n) is 9.28. The Bertz CT molecular complexity index is 776. The molecule has 1 aromatic rings. The summed E-state index contributed by atoms with van der Waals surface area (Å²) in [6.45, 7) is 5.36. The highest BCUT2D eigenvalue weighted by atomic mass is 32.2. The first-order chi connectivity index (χ1) is 12.2. The van der Waals surface area contributed by atoms with Crippen LogP contribution < -0.4 is 10.6 Å². The molecule has 0 aromatic heterocycles. The zero-order chi connectivity index (χ0) is 18.9. The quantitative estimate of drug-likeness (QED) is 0.847. The van der Waals surface area contributed by atoms with Crippen molar-refractivity contribution in [1.29, 1.82) is 0 Å². The van der Waals surface area contributed by atoms with E-state index in [4.69, 9.17) is 0 Å². The van der Waals surface area contributed by atoms with Crippen molar-refractivity contribution in [2.45, 2.75) is 57.0 Å². The van der Waals surface area contributed by atoms with Gasteiger partial charge >= 0.3 is 6.03 Å². The van der Waals surface area contributed by atoms with E-state index < -0.39 is 10.0 Å². The maximum atomic E-state index is 12.5. The molecule has 1 aliphatic carbocycles. The van der Waals surface area contributed by atoms with E-state index in [1.807, 2.05) is 12.1 Å². The molecular weight excluding hydrogens is 350 g/mol. The second-order valence-corrected chi connectivity index (χ2v) is 10.1. The summed E-state index contributed by atoms with van der Waals surface area (Å²) in [7, 11) is -3.21. The number of benzene rings is 1. The number of hydrogen-bond acceptors (Lipinski definition) is 3. The molecule has 1 fully saturated rings. The molecule has 2 unspecified atom stereocenters. The van der Waals surface area contributed by atoms with Gasteiger partial charge in [-0.1, -0.05) is 38.1 Å². The largest absolute Gasteiger partial charge is 0.334 e. The van der Waals surface area contributed by atoms with Crippen molar-refractivity contribution in [2.75, 3.05) is 19.3 Å². The minimum atomic E-state index is -3.21. The van der Waals surface area contributed by atoms with Crippen LogP contribution in [0.3, 0.4) is 0 Å². The van der Waals surface area contributed by atoms with E-state index in [1.54, 1.807) is 0 Å². The van der Waals surface area contributed by atoms with E-state index in [0.717, 1.165) is 25.7 Å². The third-order valence-electron chi connectivity index (χ3n) is 5.62. The molecule has 2 aliphatic rings. The lowest BCUT2D eigenvalue weighted by atomic mass is 9.71. The number of hydrogen-bond donors (Lipinski definition) is 2.